The molecule has 1 rings (SSSR count). The van der Waals surface area contributed by atoms with Gasteiger partial charge in [0.05, 0.1) is 22.7 Å². The van der Waals surface area contributed by atoms with E-state index in [0.717, 1.165) is 0 Å². The largest absolute Gasteiger partial charge is 0.443 e. The van der Waals surface area contributed by atoms with Gasteiger partial charge in [0, 0.05) is 0 Å². The lowest BCUT2D eigenvalue weighted by atomic mass is 10.2. The van der Waals surface area contributed by atoms with Crippen LogP contribution < -0.4 is 0 Å². The summed E-state index contributed by atoms with van der Waals surface area (Å²) in [6.45, 7) is 5.60. The van der Waals surface area contributed by atoms with E-state index in [0.29, 0.717) is 5.56 Å². The third kappa shape index (κ3) is 5.17. The van der Waals surface area contributed by atoms with E-state index in [9.17, 15) is 9.18 Å². The quantitative estimate of drug-likeness (QED) is 0.776. The molecule has 17 heavy (non-hydrogen) atoms. The second kappa shape index (κ2) is 5.49. The van der Waals surface area contributed by atoms with Crippen LogP contribution in [0.25, 0.3) is 0 Å². The number of amides is 1. The van der Waals surface area contributed by atoms with Crippen LogP contribution in [0.3, 0.4) is 0 Å². The van der Waals surface area contributed by atoms with Crippen LogP contribution >= 0.6 is 16.1 Å². The molecule has 0 aliphatic heterocycles. The summed E-state index contributed by atoms with van der Waals surface area (Å²) in [6.07, 6.45) is -0.498. The first-order chi connectivity index (χ1) is 7.78. The zero-order valence-electron chi connectivity index (χ0n) is 10.0. The molecule has 94 valence electrons. The van der Waals surface area contributed by atoms with Gasteiger partial charge in [-0.2, -0.15) is 0 Å². The molecule has 3 nitrogen and oxygen atoms in total. The number of hydrogen-bond acceptors (Lipinski definition) is 2. The number of rotatable bonds is 2. The Morgan fingerprint density at radius 3 is 2.65 bits per heavy atom. The van der Waals surface area contributed by atoms with Crippen molar-refractivity contribution >= 4 is 22.2 Å². The fraction of sp³-hybridized carbons (Fsp3) is 0.417. The summed E-state index contributed by atoms with van der Waals surface area (Å²) in [4.78, 5) is 11.6. The Hall–Kier alpha value is -1.10. The molecule has 0 N–H and O–H groups in total. The normalized spacial score (nSPS) is 11.1. The standard InChI is InChI=1S/C12H15BrFNO2/c1-12(2,3)17-11(16)15(13)8-9-5-4-6-10(14)7-9/h4-7H,8H2,1-3H3. The monoisotopic (exact) mass is 303 g/mol. The van der Waals surface area contributed by atoms with E-state index >= 15 is 0 Å². The summed E-state index contributed by atoms with van der Waals surface area (Å²) in [7, 11) is 0. The predicted octanol–water partition coefficient (Wildman–Crippen LogP) is 3.87. The van der Waals surface area contributed by atoms with Gasteiger partial charge in [0.15, 0.2) is 0 Å². The Kier molecular flexibility index (Phi) is 4.51. The molecule has 1 amide bonds. The average molecular weight is 304 g/mol. The number of nitrogens with zero attached hydrogens (tertiary/aromatic N) is 1. The molecule has 0 saturated heterocycles. The van der Waals surface area contributed by atoms with E-state index in [-0.39, 0.29) is 12.4 Å². The van der Waals surface area contributed by atoms with Gasteiger partial charge >= 0.3 is 6.09 Å². The van der Waals surface area contributed by atoms with Gasteiger partial charge < -0.3 is 4.74 Å². The van der Waals surface area contributed by atoms with Crippen molar-refractivity contribution < 1.29 is 13.9 Å². The number of hydrogen-bond donors (Lipinski definition) is 0. The molecule has 1 aromatic rings. The molecule has 1 aromatic carbocycles. The minimum Gasteiger partial charge on any atom is -0.443 e. The first-order valence-electron chi connectivity index (χ1n) is 5.19. The van der Waals surface area contributed by atoms with E-state index in [1.165, 1.54) is 16.1 Å². The van der Waals surface area contributed by atoms with Crippen molar-refractivity contribution in [3.05, 3.63) is 35.6 Å². The molecule has 0 unspecified atom stereocenters. The lowest BCUT2D eigenvalue weighted by Gasteiger charge is -2.23. The lowest BCUT2D eigenvalue weighted by molar-refractivity contribution is 0.0406. The van der Waals surface area contributed by atoms with Crippen molar-refractivity contribution in [3.63, 3.8) is 0 Å². The molecule has 0 atom stereocenters. The van der Waals surface area contributed by atoms with Crippen molar-refractivity contribution in [1.82, 2.24) is 3.93 Å². The smallest absolute Gasteiger partial charge is 0.420 e. The lowest BCUT2D eigenvalue weighted by Crippen LogP contribution is -2.30. The topological polar surface area (TPSA) is 29.5 Å². The maximum absolute atomic E-state index is 12.9. The molecule has 0 radical (unpaired) electrons. The average Bonchev–Trinajstić information content (AvgIpc) is 2.14. The number of carbonyl (C=O) groups excluding carboxylic acids is 1. The van der Waals surface area contributed by atoms with Crippen molar-refractivity contribution in [3.8, 4) is 0 Å². The third-order valence-corrected chi connectivity index (χ3v) is 2.34. The Morgan fingerprint density at radius 2 is 2.12 bits per heavy atom. The number of ether oxygens (including phenoxy) is 1. The van der Waals surface area contributed by atoms with Gasteiger partial charge in [-0.05, 0) is 38.5 Å². The molecule has 0 heterocycles. The van der Waals surface area contributed by atoms with Crippen LogP contribution in [0.5, 0.6) is 0 Å². The molecule has 0 spiro atoms. The molecule has 0 aliphatic rings. The van der Waals surface area contributed by atoms with E-state index in [1.54, 1.807) is 32.9 Å². The van der Waals surface area contributed by atoms with Crippen LogP contribution in [0.1, 0.15) is 26.3 Å². The highest BCUT2D eigenvalue weighted by molar-refractivity contribution is 9.07. The first kappa shape index (κ1) is 14.0. The van der Waals surface area contributed by atoms with Crippen molar-refractivity contribution in [1.29, 1.82) is 0 Å². The number of benzene rings is 1. The van der Waals surface area contributed by atoms with E-state index in [1.807, 2.05) is 0 Å². The van der Waals surface area contributed by atoms with Crippen molar-refractivity contribution in [2.24, 2.45) is 0 Å². The summed E-state index contributed by atoms with van der Waals surface area (Å²) in [5.41, 5.74) is 0.137. The maximum Gasteiger partial charge on any atom is 0.420 e. The van der Waals surface area contributed by atoms with Crippen LogP contribution in [-0.2, 0) is 11.3 Å². The Labute approximate surface area is 109 Å². The first-order valence-corrected chi connectivity index (χ1v) is 5.89. The molecular formula is C12H15BrFNO2. The van der Waals surface area contributed by atoms with Crippen LogP contribution in [0.2, 0.25) is 0 Å². The minimum absolute atomic E-state index is 0.243. The molecule has 5 heteroatoms. The van der Waals surface area contributed by atoms with Gasteiger partial charge in [-0.25, -0.2) is 13.1 Å². The van der Waals surface area contributed by atoms with Gasteiger partial charge in [-0.1, -0.05) is 12.1 Å². The Balaban J connectivity index is 2.60. The van der Waals surface area contributed by atoms with Crippen molar-refractivity contribution in [2.75, 3.05) is 0 Å². The fourth-order valence-electron chi connectivity index (χ4n) is 1.17. The summed E-state index contributed by atoms with van der Waals surface area (Å²) in [5.74, 6) is -0.326. The van der Waals surface area contributed by atoms with E-state index in [2.05, 4.69) is 16.1 Å². The summed E-state index contributed by atoms with van der Waals surface area (Å²) in [5, 5.41) is 0. The highest BCUT2D eigenvalue weighted by atomic mass is 79.9. The second-order valence-electron chi connectivity index (χ2n) is 4.63. The van der Waals surface area contributed by atoms with Gasteiger partial charge in [0.1, 0.15) is 11.4 Å². The van der Waals surface area contributed by atoms with Crippen LogP contribution in [0, 0.1) is 5.82 Å². The molecule has 0 aromatic heterocycles. The van der Waals surface area contributed by atoms with E-state index in [4.69, 9.17) is 4.74 Å². The minimum atomic E-state index is -0.551. The highest BCUT2D eigenvalue weighted by Gasteiger charge is 2.20. The number of halogens is 2. The Bertz CT molecular complexity index is 404. The predicted molar refractivity (Wildman–Crippen MR) is 67.1 cm³/mol. The molecule has 0 saturated carbocycles. The molecule has 0 bridgehead atoms. The summed E-state index contributed by atoms with van der Waals surface area (Å²) in [6, 6.07) is 6.07. The van der Waals surface area contributed by atoms with Gasteiger partial charge in [-0.3, -0.25) is 0 Å². The van der Waals surface area contributed by atoms with Gasteiger partial charge in [0.25, 0.3) is 0 Å². The molecular weight excluding hydrogens is 289 g/mol. The van der Waals surface area contributed by atoms with Crippen LogP contribution in [0.15, 0.2) is 24.3 Å². The van der Waals surface area contributed by atoms with Crippen LogP contribution in [0.4, 0.5) is 9.18 Å². The molecule has 0 fully saturated rings. The zero-order chi connectivity index (χ0) is 13.1. The maximum atomic E-state index is 12.9. The second-order valence-corrected chi connectivity index (χ2v) is 5.49. The highest BCUT2D eigenvalue weighted by Crippen LogP contribution is 2.15. The van der Waals surface area contributed by atoms with Gasteiger partial charge in [-0.15, -0.1) is 0 Å². The van der Waals surface area contributed by atoms with E-state index < -0.39 is 11.7 Å². The van der Waals surface area contributed by atoms with Crippen molar-refractivity contribution in [2.45, 2.75) is 32.9 Å². The number of carbonyl (C=O) groups is 1. The van der Waals surface area contributed by atoms with Crippen LogP contribution in [-0.4, -0.2) is 15.6 Å². The summed E-state index contributed by atoms with van der Waals surface area (Å²) < 4.78 is 19.3. The fourth-order valence-corrected chi connectivity index (χ4v) is 1.53. The zero-order valence-corrected chi connectivity index (χ0v) is 11.6. The SMILES string of the molecule is CC(C)(C)OC(=O)N(Br)Cc1cccc(F)c1. The third-order valence-electron chi connectivity index (χ3n) is 1.80. The molecule has 0 aliphatic carbocycles. The van der Waals surface area contributed by atoms with Gasteiger partial charge in [0.2, 0.25) is 0 Å². The Morgan fingerprint density at radius 1 is 1.47 bits per heavy atom. The summed E-state index contributed by atoms with van der Waals surface area (Å²) >= 11 is 3.09.